The average Bonchev–Trinajstić information content (AvgIpc) is 3.04. The minimum absolute atomic E-state index is 0. The molecule has 0 aliphatic carbocycles. The van der Waals surface area contributed by atoms with E-state index in [4.69, 9.17) is 9.72 Å². The molecule has 0 aliphatic rings. The van der Waals surface area contributed by atoms with Crippen molar-refractivity contribution in [1.29, 1.82) is 0 Å². The van der Waals surface area contributed by atoms with Crippen molar-refractivity contribution in [3.63, 3.8) is 0 Å². The van der Waals surface area contributed by atoms with Crippen LogP contribution in [-0.4, -0.2) is 15.1 Å². The van der Waals surface area contributed by atoms with E-state index >= 15 is 0 Å². The first kappa shape index (κ1) is 33.8. The summed E-state index contributed by atoms with van der Waals surface area (Å²) in [7, 11) is 0. The largest absolute Gasteiger partial charge is 0.507 e. The Labute approximate surface area is 292 Å². The van der Waals surface area contributed by atoms with Crippen molar-refractivity contribution in [2.45, 2.75) is 52.4 Å². The SMILES string of the molecule is CC(C)(C)c1cc(-c2cc(-c3[c-]c(Oc4ccccn4)cc(-c4ccccc4)c3)nc(-c3ccccc3O)c2)cc(C(C)(C)C)c1.[Pt]. The summed E-state index contributed by atoms with van der Waals surface area (Å²) in [6.07, 6.45) is 1.71. The predicted octanol–water partition coefficient (Wildman–Crippen LogP) is 11.0. The molecule has 47 heavy (non-hydrogen) atoms. The van der Waals surface area contributed by atoms with Crippen molar-refractivity contribution in [3.05, 3.63) is 139 Å². The van der Waals surface area contributed by atoms with Gasteiger partial charge in [0.25, 0.3) is 0 Å². The number of pyridine rings is 2. The zero-order chi connectivity index (χ0) is 32.5. The zero-order valence-electron chi connectivity index (χ0n) is 27.6. The zero-order valence-corrected chi connectivity index (χ0v) is 29.9. The molecule has 2 aromatic heterocycles. The number of phenols is 1. The van der Waals surface area contributed by atoms with Crippen LogP contribution in [0.3, 0.4) is 0 Å². The molecule has 0 saturated carbocycles. The van der Waals surface area contributed by atoms with Crippen molar-refractivity contribution >= 4 is 0 Å². The number of hydrogen-bond donors (Lipinski definition) is 1. The summed E-state index contributed by atoms with van der Waals surface area (Å²) < 4.78 is 6.22. The molecular weight excluding hydrogens is 760 g/mol. The van der Waals surface area contributed by atoms with Gasteiger partial charge >= 0.3 is 0 Å². The minimum Gasteiger partial charge on any atom is -0.507 e. The van der Waals surface area contributed by atoms with Gasteiger partial charge in [-0.3, -0.25) is 4.98 Å². The first-order chi connectivity index (χ1) is 21.9. The standard InChI is InChI=1S/C42H39N2O2.Pt/c1-41(2,3)33-21-30(22-34(27-33)42(4,5)6)31-25-37(44-38(26-31)36-16-10-11-17-39(36)45)32-20-29(28-14-8-7-9-15-28)23-35(24-32)46-40-18-12-13-19-43-40;/h7-23,25-27,45H,1-6H3;/q-1;. The third-order valence-electron chi connectivity index (χ3n) is 8.08. The predicted molar refractivity (Wildman–Crippen MR) is 188 cm³/mol. The van der Waals surface area contributed by atoms with E-state index in [1.54, 1.807) is 12.3 Å². The van der Waals surface area contributed by atoms with Gasteiger partial charge in [-0.05, 0) is 68.6 Å². The van der Waals surface area contributed by atoms with Crippen LogP contribution in [0.25, 0.3) is 44.8 Å². The van der Waals surface area contributed by atoms with Gasteiger partial charge in [0.2, 0.25) is 5.88 Å². The number of benzene rings is 4. The number of aromatic hydroxyl groups is 1. The number of phenolic OH excluding ortho intramolecular Hbond substituents is 1. The molecule has 1 N–H and O–H groups in total. The van der Waals surface area contributed by atoms with Gasteiger partial charge in [0.05, 0.1) is 5.69 Å². The number of nitrogens with zero attached hydrogens (tertiary/aromatic N) is 2. The van der Waals surface area contributed by atoms with Gasteiger partial charge in [-0.1, -0.05) is 132 Å². The molecule has 0 aliphatic heterocycles. The van der Waals surface area contributed by atoms with Gasteiger partial charge in [0.1, 0.15) is 5.75 Å². The van der Waals surface area contributed by atoms with Crippen LogP contribution in [0.15, 0.2) is 121 Å². The Hall–Kier alpha value is -4.53. The molecule has 0 spiro atoms. The van der Waals surface area contributed by atoms with Crippen LogP contribution < -0.4 is 4.74 Å². The number of ether oxygens (including phenoxy) is 1. The second-order valence-corrected chi connectivity index (χ2v) is 13.7. The summed E-state index contributed by atoms with van der Waals surface area (Å²) in [5.74, 6) is 1.20. The fraction of sp³-hybridized carbons (Fsp3) is 0.190. The van der Waals surface area contributed by atoms with E-state index in [9.17, 15) is 5.11 Å². The number of para-hydroxylation sites is 1. The molecule has 0 atom stereocenters. The van der Waals surface area contributed by atoms with Gasteiger partial charge in [0, 0.05) is 44.6 Å². The number of rotatable bonds is 6. The van der Waals surface area contributed by atoms with E-state index in [-0.39, 0.29) is 37.6 Å². The van der Waals surface area contributed by atoms with Crippen molar-refractivity contribution in [2.75, 3.05) is 0 Å². The van der Waals surface area contributed by atoms with Crippen LogP contribution in [-0.2, 0) is 31.9 Å². The Balaban J connectivity index is 0.00000433. The van der Waals surface area contributed by atoms with Crippen LogP contribution in [0.4, 0.5) is 0 Å². The van der Waals surface area contributed by atoms with Gasteiger partial charge < -0.3 is 9.84 Å². The fourth-order valence-electron chi connectivity index (χ4n) is 5.38. The number of hydrogen-bond acceptors (Lipinski definition) is 4. The smallest absolute Gasteiger partial charge is 0.217 e. The normalized spacial score (nSPS) is 11.5. The van der Waals surface area contributed by atoms with E-state index in [0.29, 0.717) is 22.9 Å². The molecule has 0 fully saturated rings. The molecule has 2 heterocycles. The van der Waals surface area contributed by atoms with Crippen molar-refractivity contribution in [2.24, 2.45) is 0 Å². The molecule has 0 radical (unpaired) electrons. The van der Waals surface area contributed by atoms with Crippen LogP contribution in [0.2, 0.25) is 0 Å². The van der Waals surface area contributed by atoms with Crippen molar-refractivity contribution < 1.29 is 30.9 Å². The van der Waals surface area contributed by atoms with Gasteiger partial charge in [0.15, 0.2) is 0 Å². The van der Waals surface area contributed by atoms with Crippen LogP contribution in [0.1, 0.15) is 52.7 Å². The van der Waals surface area contributed by atoms with Crippen LogP contribution >= 0.6 is 0 Å². The molecule has 4 nitrogen and oxygen atoms in total. The second kappa shape index (κ2) is 13.7. The van der Waals surface area contributed by atoms with Gasteiger partial charge in [-0.25, -0.2) is 4.98 Å². The molecule has 240 valence electrons. The molecular formula is C42H39N2O2Pt-. The Kier molecular flexibility index (Phi) is 9.84. The maximum absolute atomic E-state index is 10.9. The molecule has 4 aromatic carbocycles. The summed E-state index contributed by atoms with van der Waals surface area (Å²) in [6, 6.07) is 41.7. The first-order valence-corrected chi connectivity index (χ1v) is 15.6. The van der Waals surface area contributed by atoms with Crippen LogP contribution in [0, 0.1) is 6.07 Å². The maximum atomic E-state index is 10.9. The van der Waals surface area contributed by atoms with E-state index in [1.165, 1.54) is 11.1 Å². The molecule has 0 unspecified atom stereocenters. The topological polar surface area (TPSA) is 55.2 Å². The van der Waals surface area contributed by atoms with E-state index in [2.05, 4.69) is 101 Å². The summed E-state index contributed by atoms with van der Waals surface area (Å²) >= 11 is 0. The quantitative estimate of drug-likeness (QED) is 0.171. The van der Waals surface area contributed by atoms with Gasteiger partial charge in [-0.15, -0.1) is 11.6 Å². The maximum Gasteiger partial charge on any atom is 0.217 e. The molecule has 6 aromatic rings. The second-order valence-electron chi connectivity index (χ2n) is 13.7. The molecule has 0 saturated heterocycles. The molecule has 5 heteroatoms. The summed E-state index contributed by atoms with van der Waals surface area (Å²) in [5.41, 5.74) is 9.41. The van der Waals surface area contributed by atoms with Crippen molar-refractivity contribution in [3.8, 4) is 62.1 Å². The summed E-state index contributed by atoms with van der Waals surface area (Å²) in [5, 5.41) is 10.9. The third kappa shape index (κ3) is 7.89. The Morgan fingerprint density at radius 3 is 1.83 bits per heavy atom. The number of aromatic nitrogens is 2. The fourth-order valence-corrected chi connectivity index (χ4v) is 5.38. The van der Waals surface area contributed by atoms with E-state index in [1.807, 2.05) is 60.7 Å². The monoisotopic (exact) mass is 798 g/mol. The summed E-state index contributed by atoms with van der Waals surface area (Å²) in [4.78, 5) is 9.49. The third-order valence-corrected chi connectivity index (χ3v) is 8.08. The Morgan fingerprint density at radius 1 is 0.596 bits per heavy atom. The Morgan fingerprint density at radius 2 is 1.19 bits per heavy atom. The first-order valence-electron chi connectivity index (χ1n) is 15.6. The van der Waals surface area contributed by atoms with Crippen LogP contribution in [0.5, 0.6) is 17.4 Å². The van der Waals surface area contributed by atoms with E-state index in [0.717, 1.165) is 33.5 Å². The summed E-state index contributed by atoms with van der Waals surface area (Å²) in [6.45, 7) is 13.5. The van der Waals surface area contributed by atoms with Gasteiger partial charge in [-0.2, -0.15) is 0 Å². The molecule has 6 rings (SSSR count). The molecule has 0 amide bonds. The van der Waals surface area contributed by atoms with Crippen molar-refractivity contribution in [1.82, 2.24) is 9.97 Å². The molecule has 0 bridgehead atoms. The Bertz CT molecular complexity index is 1960. The average molecular weight is 799 g/mol. The minimum atomic E-state index is -0.0398. The van der Waals surface area contributed by atoms with E-state index < -0.39 is 0 Å².